The van der Waals surface area contributed by atoms with E-state index in [0.29, 0.717) is 5.69 Å². The van der Waals surface area contributed by atoms with Gasteiger partial charge in [0, 0.05) is 17.7 Å². The summed E-state index contributed by atoms with van der Waals surface area (Å²) in [6.45, 7) is 1.48. The van der Waals surface area contributed by atoms with Crippen LogP contribution in [0.4, 0.5) is 15.8 Å². The van der Waals surface area contributed by atoms with E-state index in [1.54, 1.807) is 0 Å². The van der Waals surface area contributed by atoms with E-state index in [1.165, 1.54) is 31.2 Å². The zero-order chi connectivity index (χ0) is 20.4. The number of hydrogen-bond acceptors (Lipinski definition) is 5. The van der Waals surface area contributed by atoms with Crippen molar-refractivity contribution in [2.24, 2.45) is 0 Å². The Labute approximate surface area is 159 Å². The number of aryl methyl sites for hydroxylation is 1. The third kappa shape index (κ3) is 4.25. The van der Waals surface area contributed by atoms with E-state index in [4.69, 9.17) is 0 Å². The fourth-order valence-electron chi connectivity index (χ4n) is 2.74. The molecule has 3 rings (SSSR count). The monoisotopic (exact) mass is 387 g/mol. The molecule has 0 aliphatic heterocycles. The van der Waals surface area contributed by atoms with Crippen LogP contribution in [0, 0.1) is 22.9 Å². The Morgan fingerprint density at radius 3 is 2.54 bits per heavy atom. The first-order valence-corrected chi connectivity index (χ1v) is 8.61. The normalized spacial score (nSPS) is 14.2. The Kier molecular flexibility index (Phi) is 5.25. The van der Waals surface area contributed by atoms with Crippen molar-refractivity contribution in [1.29, 1.82) is 0 Å². The highest BCUT2D eigenvalue weighted by Crippen LogP contribution is 2.31. The third-order valence-corrected chi connectivity index (χ3v) is 4.43. The van der Waals surface area contributed by atoms with E-state index in [-0.39, 0.29) is 28.4 Å². The van der Waals surface area contributed by atoms with Crippen LogP contribution in [0.15, 0.2) is 36.4 Å². The van der Waals surface area contributed by atoms with Crippen molar-refractivity contribution in [3.05, 3.63) is 69.0 Å². The topological polar surface area (TPSA) is 122 Å². The molecule has 1 atom stereocenters. The second-order valence-corrected chi connectivity index (χ2v) is 6.66. The number of nitrogens with zero attached hydrogens (tertiary/aromatic N) is 1. The summed E-state index contributed by atoms with van der Waals surface area (Å²) in [4.78, 5) is 34.8. The largest absolute Gasteiger partial charge is 0.479 e. The summed E-state index contributed by atoms with van der Waals surface area (Å²) in [5.74, 6) is -2.61. The van der Waals surface area contributed by atoms with Crippen molar-refractivity contribution in [2.75, 3.05) is 5.32 Å². The van der Waals surface area contributed by atoms with Crippen molar-refractivity contribution in [1.82, 2.24) is 5.32 Å². The molecule has 0 heterocycles. The summed E-state index contributed by atoms with van der Waals surface area (Å²) in [7, 11) is 0. The quantitative estimate of drug-likeness (QED) is 0.496. The maximum atomic E-state index is 13.4. The fourth-order valence-corrected chi connectivity index (χ4v) is 2.74. The van der Waals surface area contributed by atoms with Crippen LogP contribution >= 0.6 is 0 Å². The molecule has 0 aromatic heterocycles. The van der Waals surface area contributed by atoms with Gasteiger partial charge in [0.05, 0.1) is 4.92 Å². The number of nitro groups is 1. The molecule has 0 bridgehead atoms. The van der Waals surface area contributed by atoms with Crippen molar-refractivity contribution in [3.8, 4) is 0 Å². The van der Waals surface area contributed by atoms with Crippen LogP contribution in [0.25, 0.3) is 0 Å². The average Bonchev–Trinajstić information content (AvgIpc) is 3.45. The van der Waals surface area contributed by atoms with Gasteiger partial charge in [0.15, 0.2) is 6.04 Å². The number of halogens is 1. The van der Waals surface area contributed by atoms with E-state index in [0.717, 1.165) is 25.0 Å². The average molecular weight is 387 g/mol. The molecule has 0 radical (unpaired) electrons. The number of nitro benzene ring substituents is 1. The molecule has 1 saturated carbocycles. The number of carbonyl (C=O) groups is 2. The highest BCUT2D eigenvalue weighted by molar-refractivity contribution is 5.98. The van der Waals surface area contributed by atoms with Crippen LogP contribution in [0.3, 0.4) is 0 Å². The first kappa shape index (κ1) is 19.3. The number of carboxylic acid groups (broad SMARTS) is 1. The highest BCUT2D eigenvalue weighted by Gasteiger charge is 2.27. The van der Waals surface area contributed by atoms with Crippen molar-refractivity contribution in [2.45, 2.75) is 31.8 Å². The van der Waals surface area contributed by atoms with E-state index in [9.17, 15) is 29.2 Å². The maximum absolute atomic E-state index is 13.4. The van der Waals surface area contributed by atoms with E-state index < -0.39 is 28.7 Å². The molecular weight excluding hydrogens is 369 g/mol. The lowest BCUT2D eigenvalue weighted by atomic mass is 10.0. The molecule has 1 aliphatic rings. The molecule has 8 nitrogen and oxygen atoms in total. The molecule has 3 N–H and O–H groups in total. The van der Waals surface area contributed by atoms with Gasteiger partial charge in [-0.1, -0.05) is 12.1 Å². The first-order valence-electron chi connectivity index (χ1n) is 8.61. The lowest BCUT2D eigenvalue weighted by Crippen LogP contribution is -2.33. The van der Waals surface area contributed by atoms with Crippen LogP contribution < -0.4 is 10.6 Å². The highest BCUT2D eigenvalue weighted by atomic mass is 19.1. The van der Waals surface area contributed by atoms with Crippen molar-refractivity contribution >= 4 is 23.3 Å². The summed E-state index contributed by atoms with van der Waals surface area (Å²) in [6, 6.07) is 6.42. The van der Waals surface area contributed by atoms with Crippen LogP contribution in [-0.2, 0) is 4.79 Å². The zero-order valence-corrected chi connectivity index (χ0v) is 14.9. The van der Waals surface area contributed by atoms with E-state index in [1.807, 2.05) is 0 Å². The SMILES string of the molecule is Cc1cc(C(NC(=O)c2ccc(NC3CC3)c([N+](=O)[O-])c2)C(=O)O)ccc1F. The van der Waals surface area contributed by atoms with E-state index >= 15 is 0 Å². The van der Waals surface area contributed by atoms with Gasteiger partial charge in [-0.3, -0.25) is 14.9 Å². The zero-order valence-electron chi connectivity index (χ0n) is 14.9. The molecule has 28 heavy (non-hydrogen) atoms. The van der Waals surface area contributed by atoms with Gasteiger partial charge in [-0.25, -0.2) is 9.18 Å². The van der Waals surface area contributed by atoms with Gasteiger partial charge >= 0.3 is 5.97 Å². The minimum absolute atomic E-state index is 0.0434. The number of nitrogens with one attached hydrogen (secondary N) is 2. The number of amides is 1. The number of carbonyl (C=O) groups excluding carboxylic acids is 1. The van der Waals surface area contributed by atoms with Crippen LogP contribution in [-0.4, -0.2) is 27.9 Å². The Hall–Kier alpha value is -3.49. The molecule has 1 amide bonds. The molecular formula is C19H18FN3O5. The number of carboxylic acids is 1. The van der Waals surface area contributed by atoms with Gasteiger partial charge in [0.2, 0.25) is 0 Å². The Morgan fingerprint density at radius 1 is 1.25 bits per heavy atom. The lowest BCUT2D eigenvalue weighted by Gasteiger charge is -2.16. The minimum atomic E-state index is -1.42. The number of benzene rings is 2. The van der Waals surface area contributed by atoms with Gasteiger partial charge in [-0.2, -0.15) is 0 Å². The lowest BCUT2D eigenvalue weighted by molar-refractivity contribution is -0.384. The summed E-state index contributed by atoms with van der Waals surface area (Å²) in [6.07, 6.45) is 1.85. The van der Waals surface area contributed by atoms with Crippen LogP contribution in [0.2, 0.25) is 0 Å². The Balaban J connectivity index is 1.85. The van der Waals surface area contributed by atoms with Gasteiger partial charge in [-0.05, 0) is 49.1 Å². The molecule has 1 fully saturated rings. The standard InChI is InChI=1S/C19H18FN3O5/c1-10-8-11(2-6-14(10)20)17(19(25)26)22-18(24)12-3-7-15(21-13-4-5-13)16(9-12)23(27)28/h2-3,6-9,13,17,21H,4-5H2,1H3,(H,22,24)(H,25,26). The first-order chi connectivity index (χ1) is 13.3. The van der Waals surface area contributed by atoms with Gasteiger partial charge in [0.25, 0.3) is 11.6 Å². The number of hydrogen-bond donors (Lipinski definition) is 3. The predicted molar refractivity (Wildman–Crippen MR) is 98.7 cm³/mol. The van der Waals surface area contributed by atoms with Crippen LogP contribution in [0.5, 0.6) is 0 Å². The molecule has 1 aliphatic carbocycles. The van der Waals surface area contributed by atoms with Crippen molar-refractivity contribution < 1.29 is 24.0 Å². The third-order valence-electron chi connectivity index (χ3n) is 4.43. The maximum Gasteiger partial charge on any atom is 0.330 e. The fraction of sp³-hybridized carbons (Fsp3) is 0.263. The molecule has 146 valence electrons. The molecule has 0 saturated heterocycles. The summed E-state index contributed by atoms with van der Waals surface area (Å²) in [5, 5.41) is 26.1. The minimum Gasteiger partial charge on any atom is -0.479 e. The van der Waals surface area contributed by atoms with Crippen LogP contribution in [0.1, 0.15) is 40.4 Å². The Morgan fingerprint density at radius 2 is 1.96 bits per heavy atom. The van der Waals surface area contributed by atoms with Gasteiger partial charge in [0.1, 0.15) is 11.5 Å². The van der Waals surface area contributed by atoms with Gasteiger partial charge in [-0.15, -0.1) is 0 Å². The predicted octanol–water partition coefficient (Wildman–Crippen LogP) is 3.17. The number of aliphatic carboxylic acids is 1. The van der Waals surface area contributed by atoms with Crippen molar-refractivity contribution in [3.63, 3.8) is 0 Å². The second-order valence-electron chi connectivity index (χ2n) is 6.66. The second kappa shape index (κ2) is 7.63. The number of anilines is 1. The van der Waals surface area contributed by atoms with Gasteiger partial charge < -0.3 is 15.7 Å². The molecule has 9 heteroatoms. The molecule has 2 aromatic rings. The molecule has 1 unspecified atom stereocenters. The molecule has 0 spiro atoms. The smallest absolute Gasteiger partial charge is 0.330 e. The molecule has 2 aromatic carbocycles. The Bertz CT molecular complexity index is 959. The summed E-state index contributed by atoms with van der Waals surface area (Å²) >= 11 is 0. The van der Waals surface area contributed by atoms with E-state index in [2.05, 4.69) is 10.6 Å². The number of rotatable bonds is 7. The summed E-state index contributed by atoms with van der Waals surface area (Å²) in [5.41, 5.74) is 0.445. The summed E-state index contributed by atoms with van der Waals surface area (Å²) < 4.78 is 13.4.